The quantitative estimate of drug-likeness (QED) is 0.0758. The lowest BCUT2D eigenvalue weighted by Crippen LogP contribution is -2.56. The van der Waals surface area contributed by atoms with Crippen molar-refractivity contribution >= 4 is 41.0 Å². The number of nitrogens with two attached hydrogens (primary N) is 1. The highest BCUT2D eigenvalue weighted by atomic mass is 16.7. The molecule has 5 aliphatic rings. The Morgan fingerprint density at radius 1 is 0.812 bits per heavy atom. The highest BCUT2D eigenvalue weighted by Crippen LogP contribution is 2.53. The van der Waals surface area contributed by atoms with Crippen molar-refractivity contribution in [2.75, 3.05) is 13.7 Å². The first-order valence-corrected chi connectivity index (χ1v) is 26.4. The minimum atomic E-state index is -2.39. The molecule has 22 nitrogen and oxygen atoms in total. The number of fused-ring (bicyclic) bond motifs is 4. The highest BCUT2D eigenvalue weighted by Gasteiger charge is 2.51. The summed E-state index contributed by atoms with van der Waals surface area (Å²) in [6.07, 6.45) is -2.46. The van der Waals surface area contributed by atoms with E-state index < -0.39 is 120 Å². The molecule has 2 fully saturated rings. The molecule has 5 aromatic rings. The molecule has 10 rings (SSSR count). The number of phenolic OH excluding ortho intramolecular Hbond substituents is 2. The number of aromatic nitrogens is 2. The summed E-state index contributed by atoms with van der Waals surface area (Å²) in [5, 5.41) is 71.5. The predicted molar refractivity (Wildman–Crippen MR) is 285 cm³/mol. The molecule has 80 heavy (non-hydrogen) atoms. The number of alkyl carbamates (subject to hydrolysis) is 1. The molecule has 3 aromatic carbocycles. The third kappa shape index (κ3) is 10.5. The van der Waals surface area contributed by atoms with Crippen molar-refractivity contribution in [1.29, 1.82) is 0 Å². The van der Waals surface area contributed by atoms with Gasteiger partial charge in [0, 0.05) is 72.3 Å². The van der Waals surface area contributed by atoms with Gasteiger partial charge >= 0.3 is 12.2 Å². The number of hydrogen-bond acceptors (Lipinski definition) is 20. The van der Waals surface area contributed by atoms with Crippen LogP contribution >= 0.6 is 0 Å². The summed E-state index contributed by atoms with van der Waals surface area (Å²) in [4.78, 5) is 77.4. The molecule has 0 bridgehead atoms. The van der Waals surface area contributed by atoms with E-state index >= 15 is 0 Å². The Morgan fingerprint density at radius 2 is 1.45 bits per heavy atom. The van der Waals surface area contributed by atoms with Crippen molar-refractivity contribution in [3.05, 3.63) is 141 Å². The van der Waals surface area contributed by atoms with E-state index in [-0.39, 0.29) is 52.9 Å². The van der Waals surface area contributed by atoms with Gasteiger partial charge < -0.3 is 65.6 Å². The van der Waals surface area contributed by atoms with E-state index in [1.54, 1.807) is 38.4 Å². The number of amides is 2. The number of nitrogens with zero attached hydrogens (tertiary/aromatic N) is 4. The molecule has 10 atom stereocenters. The maximum Gasteiger partial charge on any atom is 0.412 e. The minimum absolute atomic E-state index is 0.0238. The zero-order valence-corrected chi connectivity index (χ0v) is 44.3. The summed E-state index contributed by atoms with van der Waals surface area (Å²) in [7, 11) is 1.30. The smallest absolute Gasteiger partial charge is 0.412 e. The molecule has 2 aliphatic heterocycles. The van der Waals surface area contributed by atoms with E-state index in [2.05, 4.69) is 30.8 Å². The number of rotatable bonds is 12. The fraction of sp³-hybridized carbons (Fsp3) is 0.397. The fourth-order valence-electron chi connectivity index (χ4n) is 11.9. The van der Waals surface area contributed by atoms with Gasteiger partial charge in [-0.05, 0) is 106 Å². The first-order chi connectivity index (χ1) is 38.4. The van der Waals surface area contributed by atoms with Crippen molar-refractivity contribution in [3.63, 3.8) is 0 Å². The van der Waals surface area contributed by atoms with Crippen LogP contribution in [0.4, 0.5) is 9.59 Å². The lowest BCUT2D eigenvalue weighted by atomic mass is 9.72. The van der Waals surface area contributed by atoms with Gasteiger partial charge in [-0.15, -0.1) is 0 Å². The Balaban J connectivity index is 0.786. The van der Waals surface area contributed by atoms with Crippen LogP contribution in [0.1, 0.15) is 123 Å². The molecule has 0 spiro atoms. The summed E-state index contributed by atoms with van der Waals surface area (Å²) < 4.78 is 29.2. The van der Waals surface area contributed by atoms with E-state index in [0.717, 1.165) is 22.8 Å². The number of nitrogens with one attached hydrogen (secondary N) is 2. The van der Waals surface area contributed by atoms with Crippen molar-refractivity contribution in [1.82, 2.24) is 20.6 Å². The first kappa shape index (κ1) is 55.3. The SMILES string of the molecule is COc1cccc2c1C(=O)c1c(O)c3c(c(O)c1C2=O)C[C@@](O)(C(=O)CO)C[C@@H]3O[C@H]1C[C@@H](NC(=O)OCc2cc(C)c(OC(=O)NC3CCC4C(c5ccccn5)=NN=C(c5ccccn5)C4CCC3N)c(C)c2)[C@H](O)C(C)O1. The monoisotopic (exact) mass is 1100 g/mol. The van der Waals surface area contributed by atoms with E-state index in [0.29, 0.717) is 48.1 Å². The predicted octanol–water partition coefficient (Wildman–Crippen LogP) is 4.87. The number of hydrogen-bond donors (Lipinski definition) is 8. The molecule has 0 radical (unpaired) electrons. The summed E-state index contributed by atoms with van der Waals surface area (Å²) in [6, 6.07) is 17.2. The maximum absolute atomic E-state index is 14.1. The zero-order valence-electron chi connectivity index (χ0n) is 44.3. The molecular formula is C58H61N7O15. The molecule has 2 aromatic heterocycles. The second-order valence-electron chi connectivity index (χ2n) is 21.0. The van der Waals surface area contributed by atoms with Crippen LogP contribution in [0.15, 0.2) is 89.3 Å². The summed E-state index contributed by atoms with van der Waals surface area (Å²) in [5.74, 6) is -4.00. The molecular weight excluding hydrogens is 1030 g/mol. The van der Waals surface area contributed by atoms with Crippen LogP contribution in [0.5, 0.6) is 23.0 Å². The Hall–Kier alpha value is -7.99. The number of aryl methyl sites for hydroxylation is 2. The van der Waals surface area contributed by atoms with Crippen LogP contribution in [-0.2, 0) is 32.0 Å². The second kappa shape index (κ2) is 22.6. The molecule has 3 aliphatic carbocycles. The van der Waals surface area contributed by atoms with Gasteiger partial charge in [0.1, 0.15) is 47.9 Å². The molecule has 2 amide bonds. The normalized spacial score (nSPS) is 26.1. The topological polar surface area (TPSA) is 333 Å². The highest BCUT2D eigenvalue weighted by molar-refractivity contribution is 6.31. The van der Waals surface area contributed by atoms with E-state index in [9.17, 15) is 49.5 Å². The average molecular weight is 1100 g/mol. The van der Waals surface area contributed by atoms with Gasteiger partial charge in [-0.2, -0.15) is 10.2 Å². The summed E-state index contributed by atoms with van der Waals surface area (Å²) in [6.45, 7) is 3.66. The van der Waals surface area contributed by atoms with E-state index in [1.807, 2.05) is 36.4 Å². The number of methoxy groups -OCH3 is 1. The maximum atomic E-state index is 14.1. The van der Waals surface area contributed by atoms with E-state index in [4.69, 9.17) is 29.4 Å². The number of benzene rings is 3. The van der Waals surface area contributed by atoms with Gasteiger partial charge in [0.05, 0.1) is 64.9 Å². The molecule has 418 valence electrons. The largest absolute Gasteiger partial charge is 0.507 e. The molecule has 9 N–H and O–H groups in total. The van der Waals surface area contributed by atoms with Gasteiger partial charge in [0.2, 0.25) is 5.78 Å². The second-order valence-corrected chi connectivity index (χ2v) is 21.0. The number of aromatic hydroxyl groups is 2. The van der Waals surface area contributed by atoms with Crippen LogP contribution in [0.2, 0.25) is 0 Å². The summed E-state index contributed by atoms with van der Waals surface area (Å²) >= 11 is 0. The number of Topliss-reactive ketones (excluding diaryl/α,β-unsaturated/α-hetero) is 1. The minimum Gasteiger partial charge on any atom is -0.507 e. The number of pyridine rings is 2. The van der Waals surface area contributed by atoms with Crippen molar-refractivity contribution in [2.24, 2.45) is 27.8 Å². The molecule has 4 heterocycles. The Morgan fingerprint density at radius 3 is 2.08 bits per heavy atom. The van der Waals surface area contributed by atoms with Crippen LogP contribution in [0.3, 0.4) is 0 Å². The van der Waals surface area contributed by atoms with Crippen molar-refractivity contribution in [3.8, 4) is 23.0 Å². The van der Waals surface area contributed by atoms with Gasteiger partial charge in [-0.1, -0.05) is 24.3 Å². The number of ketones is 3. The molecule has 5 unspecified atom stereocenters. The fourth-order valence-corrected chi connectivity index (χ4v) is 11.9. The van der Waals surface area contributed by atoms with Gasteiger partial charge in [0.25, 0.3) is 0 Å². The Kier molecular flexibility index (Phi) is 15.7. The van der Waals surface area contributed by atoms with Crippen molar-refractivity contribution < 1.29 is 73.2 Å². The molecule has 1 saturated heterocycles. The standard InChI is InChI=1S/C58H61N7O15/c1-27-20-30(21-28(2)55(27)80-57(74)62-36-17-15-32-31(14-16-35(36)59)48(37-11-5-7-18-60-37)64-65-49(32)38-12-6-8-19-61-38)26-77-56(73)63-39-22-43(78-29(3)50(39)68)79-41-24-58(75,42(67)25-66)23-34-45(41)54(72)47-46(52(34)70)51(69)33-10-9-13-40(76-4)44(33)53(47)71/h5-13,18-21,29,31-32,35-36,39,41,43,50,66,68,70,72,75H,14-17,22-26,59H2,1-4H3,(H,62,74)(H,63,73)/t29?,31?,32?,35?,36?,39-,41+,43+,50-,58+/m1/s1. The third-order valence-electron chi connectivity index (χ3n) is 15.9. The number of aliphatic hydroxyl groups excluding tert-OH is 2. The zero-order chi connectivity index (χ0) is 56.7. The number of phenols is 2. The van der Waals surface area contributed by atoms with Gasteiger partial charge in [-0.3, -0.25) is 24.4 Å². The Bertz CT molecular complexity index is 3320. The third-order valence-corrected chi connectivity index (χ3v) is 15.9. The number of ether oxygens (including phenoxy) is 5. The summed E-state index contributed by atoms with van der Waals surface area (Å²) in [5.41, 5.74) is 7.29. The number of carbonyl (C=O) groups is 5. The van der Waals surface area contributed by atoms with Crippen LogP contribution in [-0.4, -0.2) is 132 Å². The lowest BCUT2D eigenvalue weighted by molar-refractivity contribution is -0.249. The Labute approximate surface area is 459 Å². The number of carbonyl (C=O) groups excluding carboxylic acids is 5. The van der Waals surface area contributed by atoms with Gasteiger partial charge in [0.15, 0.2) is 17.9 Å². The van der Waals surface area contributed by atoms with Crippen LogP contribution < -0.4 is 25.8 Å². The first-order valence-electron chi connectivity index (χ1n) is 26.4. The lowest BCUT2D eigenvalue weighted by Gasteiger charge is -2.42. The van der Waals surface area contributed by atoms with E-state index in [1.165, 1.54) is 32.2 Å². The molecule has 22 heteroatoms. The van der Waals surface area contributed by atoms with Crippen LogP contribution in [0.25, 0.3) is 0 Å². The van der Waals surface area contributed by atoms with Crippen molar-refractivity contribution in [2.45, 2.75) is 121 Å². The van der Waals surface area contributed by atoms with Crippen LogP contribution in [0, 0.1) is 25.7 Å². The number of aliphatic hydroxyl groups is 3. The molecule has 1 saturated carbocycles. The van der Waals surface area contributed by atoms with Gasteiger partial charge in [-0.25, -0.2) is 9.59 Å². The average Bonchev–Trinajstić information content (AvgIpc) is 3.55.